The maximum Gasteiger partial charge on any atom is 0.252 e. The van der Waals surface area contributed by atoms with Gasteiger partial charge in [-0.1, -0.05) is 20.8 Å². The van der Waals surface area contributed by atoms with Crippen LogP contribution in [0.4, 0.5) is 0 Å². The maximum atomic E-state index is 12.3. The van der Waals surface area contributed by atoms with Crippen molar-refractivity contribution in [2.75, 3.05) is 13.1 Å². The summed E-state index contributed by atoms with van der Waals surface area (Å²) in [6, 6.07) is 3.42. The summed E-state index contributed by atoms with van der Waals surface area (Å²) in [4.78, 5) is 0.893. The van der Waals surface area contributed by atoms with Crippen LogP contribution >= 0.6 is 11.3 Å². The van der Waals surface area contributed by atoms with Crippen LogP contribution in [-0.2, 0) is 16.6 Å². The number of hydrogen-bond donors (Lipinski definition) is 1. The van der Waals surface area contributed by atoms with E-state index in [4.69, 9.17) is 5.73 Å². The standard InChI is InChI=1S/C11H20N2O2S2/c1-4-13(8-9(2)3)17(14,15)11-6-5-10(7-12)16-11/h5-6,9H,4,7-8,12H2,1-3H3. The zero-order chi connectivity index (χ0) is 13.1. The van der Waals surface area contributed by atoms with Gasteiger partial charge in [-0.2, -0.15) is 4.31 Å². The lowest BCUT2D eigenvalue weighted by atomic mass is 10.2. The molecule has 0 amide bonds. The lowest BCUT2D eigenvalue weighted by molar-refractivity contribution is 0.382. The molecule has 0 aliphatic heterocycles. The van der Waals surface area contributed by atoms with Crippen LogP contribution in [0.3, 0.4) is 0 Å². The second-order valence-electron chi connectivity index (χ2n) is 4.27. The zero-order valence-corrected chi connectivity index (χ0v) is 12.1. The van der Waals surface area contributed by atoms with Crippen molar-refractivity contribution >= 4 is 21.4 Å². The van der Waals surface area contributed by atoms with Crippen LogP contribution in [0.1, 0.15) is 25.6 Å². The van der Waals surface area contributed by atoms with E-state index in [2.05, 4.69) is 0 Å². The van der Waals surface area contributed by atoms with Crippen molar-refractivity contribution in [3.8, 4) is 0 Å². The third-order valence-electron chi connectivity index (χ3n) is 2.35. The molecule has 0 aliphatic rings. The summed E-state index contributed by atoms with van der Waals surface area (Å²) in [6.45, 7) is 7.31. The molecule has 0 aromatic carbocycles. The molecule has 0 atom stereocenters. The molecular weight excluding hydrogens is 256 g/mol. The minimum Gasteiger partial charge on any atom is -0.326 e. The fourth-order valence-electron chi connectivity index (χ4n) is 1.54. The maximum absolute atomic E-state index is 12.3. The molecule has 6 heteroatoms. The molecule has 0 bridgehead atoms. The average Bonchev–Trinajstić information content (AvgIpc) is 2.74. The Balaban J connectivity index is 2.99. The molecule has 0 radical (unpaired) electrons. The topological polar surface area (TPSA) is 63.4 Å². The molecule has 0 fully saturated rings. The first-order valence-corrected chi connectivity index (χ1v) is 7.96. The van der Waals surface area contributed by atoms with E-state index in [0.717, 1.165) is 4.88 Å². The Morgan fingerprint density at radius 3 is 2.47 bits per heavy atom. The summed E-state index contributed by atoms with van der Waals surface area (Å²) >= 11 is 1.26. The monoisotopic (exact) mass is 276 g/mol. The van der Waals surface area contributed by atoms with Gasteiger partial charge in [-0.15, -0.1) is 11.3 Å². The Bertz CT molecular complexity index is 452. The summed E-state index contributed by atoms with van der Waals surface area (Å²) in [6.07, 6.45) is 0. The zero-order valence-electron chi connectivity index (χ0n) is 10.5. The third-order valence-corrected chi connectivity index (χ3v) is 5.87. The molecule has 0 aliphatic carbocycles. The van der Waals surface area contributed by atoms with E-state index in [1.165, 1.54) is 15.6 Å². The van der Waals surface area contributed by atoms with Gasteiger partial charge in [0.1, 0.15) is 4.21 Å². The Hall–Kier alpha value is -0.430. The Morgan fingerprint density at radius 1 is 1.41 bits per heavy atom. The van der Waals surface area contributed by atoms with Gasteiger partial charge >= 0.3 is 0 Å². The summed E-state index contributed by atoms with van der Waals surface area (Å²) in [5, 5.41) is 0. The van der Waals surface area contributed by atoms with Crippen LogP contribution in [-0.4, -0.2) is 25.8 Å². The summed E-state index contributed by atoms with van der Waals surface area (Å²) in [5.74, 6) is 0.318. The highest BCUT2D eigenvalue weighted by Crippen LogP contribution is 2.25. The van der Waals surface area contributed by atoms with Gasteiger partial charge in [-0.3, -0.25) is 0 Å². The lowest BCUT2D eigenvalue weighted by Crippen LogP contribution is -2.33. The largest absolute Gasteiger partial charge is 0.326 e. The molecule has 0 saturated carbocycles. The van der Waals surface area contributed by atoms with Crippen molar-refractivity contribution in [3.63, 3.8) is 0 Å². The van der Waals surface area contributed by atoms with Crippen molar-refractivity contribution < 1.29 is 8.42 Å². The molecule has 1 heterocycles. The average molecular weight is 276 g/mol. The van der Waals surface area contributed by atoms with Crippen molar-refractivity contribution in [2.45, 2.75) is 31.5 Å². The van der Waals surface area contributed by atoms with Crippen molar-refractivity contribution in [3.05, 3.63) is 17.0 Å². The summed E-state index contributed by atoms with van der Waals surface area (Å²) in [7, 11) is -3.34. The quantitative estimate of drug-likeness (QED) is 0.862. The molecule has 1 rings (SSSR count). The van der Waals surface area contributed by atoms with Crippen molar-refractivity contribution in [1.29, 1.82) is 0 Å². The number of rotatable bonds is 6. The van der Waals surface area contributed by atoms with Crippen LogP contribution in [0.15, 0.2) is 16.3 Å². The number of nitrogens with two attached hydrogens (primary N) is 1. The van der Waals surface area contributed by atoms with E-state index in [9.17, 15) is 8.42 Å². The molecule has 1 aromatic rings. The highest BCUT2D eigenvalue weighted by atomic mass is 32.2. The number of nitrogens with zero attached hydrogens (tertiary/aromatic N) is 1. The normalized spacial score (nSPS) is 12.6. The van der Waals surface area contributed by atoms with Gasteiger partial charge in [0.2, 0.25) is 0 Å². The van der Waals surface area contributed by atoms with E-state index in [-0.39, 0.29) is 0 Å². The van der Waals surface area contributed by atoms with Crippen LogP contribution in [0.25, 0.3) is 0 Å². The molecule has 0 spiro atoms. The lowest BCUT2D eigenvalue weighted by Gasteiger charge is -2.21. The van der Waals surface area contributed by atoms with E-state index in [1.54, 1.807) is 12.1 Å². The molecule has 0 saturated heterocycles. The predicted octanol–water partition coefficient (Wildman–Crippen LogP) is 1.87. The van der Waals surface area contributed by atoms with Gasteiger partial charge in [0.15, 0.2) is 0 Å². The predicted molar refractivity (Wildman–Crippen MR) is 71.5 cm³/mol. The van der Waals surface area contributed by atoms with Crippen molar-refractivity contribution in [2.24, 2.45) is 11.7 Å². The van der Waals surface area contributed by atoms with Crippen LogP contribution in [0.5, 0.6) is 0 Å². The molecule has 17 heavy (non-hydrogen) atoms. The molecule has 4 nitrogen and oxygen atoms in total. The van der Waals surface area contributed by atoms with Crippen molar-refractivity contribution in [1.82, 2.24) is 4.31 Å². The molecule has 0 unspecified atom stereocenters. The second kappa shape index (κ2) is 5.95. The van der Waals surface area contributed by atoms with E-state index >= 15 is 0 Å². The molecular formula is C11H20N2O2S2. The van der Waals surface area contributed by atoms with Gasteiger partial charge in [-0.25, -0.2) is 8.42 Å². The summed E-state index contributed by atoms with van der Waals surface area (Å²) < 4.78 is 26.6. The third kappa shape index (κ3) is 3.51. The first-order valence-electron chi connectivity index (χ1n) is 5.70. The smallest absolute Gasteiger partial charge is 0.252 e. The Morgan fingerprint density at radius 2 is 2.06 bits per heavy atom. The van der Waals surface area contributed by atoms with Crippen LogP contribution in [0.2, 0.25) is 0 Å². The second-order valence-corrected chi connectivity index (χ2v) is 7.61. The van der Waals surface area contributed by atoms with Gasteiger partial charge in [0, 0.05) is 24.5 Å². The van der Waals surface area contributed by atoms with Gasteiger partial charge in [-0.05, 0) is 18.1 Å². The minimum atomic E-state index is -3.34. The minimum absolute atomic E-state index is 0.318. The number of thiophene rings is 1. The Kier molecular flexibility index (Phi) is 5.12. The molecule has 98 valence electrons. The number of hydrogen-bond acceptors (Lipinski definition) is 4. The van der Waals surface area contributed by atoms with Crippen LogP contribution < -0.4 is 5.73 Å². The van der Waals surface area contributed by atoms with Gasteiger partial charge in [0.25, 0.3) is 10.0 Å². The fourth-order valence-corrected chi connectivity index (χ4v) is 4.54. The summed E-state index contributed by atoms with van der Waals surface area (Å²) in [5.41, 5.74) is 5.50. The van der Waals surface area contributed by atoms with E-state index in [0.29, 0.717) is 29.8 Å². The highest BCUT2D eigenvalue weighted by Gasteiger charge is 2.25. The number of sulfonamides is 1. The fraction of sp³-hybridized carbons (Fsp3) is 0.636. The van der Waals surface area contributed by atoms with Gasteiger partial charge in [0.05, 0.1) is 0 Å². The first-order chi connectivity index (χ1) is 7.91. The highest BCUT2D eigenvalue weighted by molar-refractivity contribution is 7.91. The van der Waals surface area contributed by atoms with Gasteiger partial charge < -0.3 is 5.73 Å². The molecule has 1 aromatic heterocycles. The Labute approximate surface area is 107 Å². The van der Waals surface area contributed by atoms with Crippen LogP contribution in [0, 0.1) is 5.92 Å². The van der Waals surface area contributed by atoms with E-state index in [1.807, 2.05) is 20.8 Å². The molecule has 2 N–H and O–H groups in total. The first kappa shape index (κ1) is 14.6. The van der Waals surface area contributed by atoms with E-state index < -0.39 is 10.0 Å². The SMILES string of the molecule is CCN(CC(C)C)S(=O)(=O)c1ccc(CN)s1.